The van der Waals surface area contributed by atoms with Crippen LogP contribution in [0.1, 0.15) is 104 Å². The van der Waals surface area contributed by atoms with Gasteiger partial charge in [-0.1, -0.05) is 83.8 Å². The number of allylic oxidation sites excluding steroid dienone is 2. The Kier molecular flexibility index (Phi) is 16.7. The second-order valence-electron chi connectivity index (χ2n) is 6.65. The lowest BCUT2D eigenvalue weighted by Gasteiger charge is -2.12. The molecule has 0 saturated heterocycles. The van der Waals surface area contributed by atoms with Gasteiger partial charge in [0.25, 0.3) is 0 Å². The molecule has 0 aromatic heterocycles. The Bertz CT molecular complexity index is 307. The van der Waals surface area contributed by atoms with Crippen LogP contribution in [0, 0.1) is 5.92 Å². The highest BCUT2D eigenvalue weighted by Gasteiger charge is 2.09. The number of carbonyl (C=O) groups excluding carboxylic acids is 2. The molecule has 0 spiro atoms. The van der Waals surface area contributed by atoms with Gasteiger partial charge in [0, 0.05) is 4.79 Å². The number of rotatable bonds is 16. The van der Waals surface area contributed by atoms with Gasteiger partial charge in [-0.2, -0.15) is 0 Å². The lowest BCUT2D eigenvalue weighted by atomic mass is 9.94. The summed E-state index contributed by atoms with van der Waals surface area (Å²) < 4.78 is 4.39. The van der Waals surface area contributed by atoms with E-state index in [1.807, 2.05) is 0 Å². The number of hydrogen-bond acceptors (Lipinski definition) is 1. The first-order valence-corrected chi connectivity index (χ1v) is 9.84. The van der Waals surface area contributed by atoms with Crippen LogP contribution >= 0.6 is 0 Å². The molecule has 0 aliphatic rings. The molecule has 0 rings (SSSR count). The molecule has 23 heavy (non-hydrogen) atoms. The van der Waals surface area contributed by atoms with Gasteiger partial charge >= 0.3 is 5.97 Å². The van der Waals surface area contributed by atoms with Crippen molar-refractivity contribution in [1.82, 2.24) is 0 Å². The van der Waals surface area contributed by atoms with E-state index in [4.69, 9.17) is 0 Å². The molecule has 0 aromatic rings. The standard InChI is InChI=1S/C21H39O2/c1-4-6-7-8-11-14-17-20(5-2)18-15-12-9-10-13-16-19-21(22)23-3/h12,15,20H,3-11,13-14,16-19H2,1-2H3/q+1/b15-12+. The molecule has 0 saturated carbocycles. The Morgan fingerprint density at radius 1 is 0.957 bits per heavy atom. The highest BCUT2D eigenvalue weighted by atomic mass is 16.4. The summed E-state index contributed by atoms with van der Waals surface area (Å²) in [7, 11) is 0. The van der Waals surface area contributed by atoms with Gasteiger partial charge < -0.3 is 0 Å². The van der Waals surface area contributed by atoms with Crippen molar-refractivity contribution in [2.75, 3.05) is 0 Å². The van der Waals surface area contributed by atoms with Crippen molar-refractivity contribution in [2.24, 2.45) is 5.92 Å². The van der Waals surface area contributed by atoms with E-state index in [0.717, 1.165) is 31.6 Å². The fraction of sp³-hybridized carbons (Fsp3) is 0.810. The van der Waals surface area contributed by atoms with Crippen molar-refractivity contribution in [2.45, 2.75) is 104 Å². The molecule has 1 unspecified atom stereocenters. The average molecular weight is 324 g/mol. The van der Waals surface area contributed by atoms with E-state index in [0.29, 0.717) is 6.42 Å². The summed E-state index contributed by atoms with van der Waals surface area (Å²) in [5, 5.41) is 0. The predicted octanol–water partition coefficient (Wildman–Crippen LogP) is 6.55. The smallest absolute Gasteiger partial charge is 0.288 e. The maximum Gasteiger partial charge on any atom is 0.579 e. The van der Waals surface area contributed by atoms with Crippen LogP contribution in [0.5, 0.6) is 0 Å². The summed E-state index contributed by atoms with van der Waals surface area (Å²) in [5.74, 6) is 0.672. The number of unbranched alkanes of at least 4 members (excludes halogenated alkanes) is 8. The highest BCUT2D eigenvalue weighted by molar-refractivity contribution is 5.66. The third-order valence-corrected chi connectivity index (χ3v) is 4.59. The maximum atomic E-state index is 10.9. The summed E-state index contributed by atoms with van der Waals surface area (Å²) in [5.41, 5.74) is 0. The van der Waals surface area contributed by atoms with E-state index < -0.39 is 0 Å². The van der Waals surface area contributed by atoms with Crippen molar-refractivity contribution in [1.29, 1.82) is 0 Å². The van der Waals surface area contributed by atoms with Crippen molar-refractivity contribution in [3.63, 3.8) is 0 Å². The van der Waals surface area contributed by atoms with Gasteiger partial charge in [0.2, 0.25) is 0 Å². The van der Waals surface area contributed by atoms with Gasteiger partial charge in [-0.15, -0.1) is 0 Å². The number of carbonyl (C=O) groups is 1. The molecule has 0 aliphatic heterocycles. The second kappa shape index (κ2) is 17.4. The van der Waals surface area contributed by atoms with E-state index in [9.17, 15) is 4.79 Å². The molecule has 0 bridgehead atoms. The maximum absolute atomic E-state index is 10.9. The van der Waals surface area contributed by atoms with E-state index in [2.05, 4.69) is 37.2 Å². The minimum Gasteiger partial charge on any atom is -0.288 e. The Hall–Kier alpha value is -0.920. The van der Waals surface area contributed by atoms with Gasteiger partial charge in [0.05, 0.1) is 0 Å². The Morgan fingerprint density at radius 2 is 1.65 bits per heavy atom. The summed E-state index contributed by atoms with van der Waals surface area (Å²) >= 11 is 0. The molecule has 1 atom stereocenters. The minimum atomic E-state index is -0.193. The largest absolute Gasteiger partial charge is 0.579 e. The van der Waals surface area contributed by atoms with Crippen molar-refractivity contribution >= 4 is 12.8 Å². The molecule has 0 amide bonds. The lowest BCUT2D eigenvalue weighted by molar-refractivity contribution is -0.369. The van der Waals surface area contributed by atoms with Gasteiger partial charge in [-0.05, 0) is 31.6 Å². The highest BCUT2D eigenvalue weighted by Crippen LogP contribution is 2.19. The molecule has 0 aliphatic carbocycles. The molecule has 0 N–H and O–H groups in total. The molecular formula is C21H39O2+. The SMILES string of the molecule is C=[O+]C(=O)CCCCC/C=C/CC(CC)CCCCCCCC. The van der Waals surface area contributed by atoms with Crippen LogP contribution in [-0.4, -0.2) is 12.8 Å². The van der Waals surface area contributed by atoms with Crippen LogP contribution in [0.15, 0.2) is 12.2 Å². The molecule has 0 fully saturated rings. The normalized spacial score (nSPS) is 12.6. The Morgan fingerprint density at radius 3 is 2.35 bits per heavy atom. The van der Waals surface area contributed by atoms with Crippen LogP contribution < -0.4 is 0 Å². The molecule has 0 heterocycles. The van der Waals surface area contributed by atoms with E-state index in [-0.39, 0.29) is 5.97 Å². The average Bonchev–Trinajstić information content (AvgIpc) is 2.57. The van der Waals surface area contributed by atoms with Crippen LogP contribution in [0.2, 0.25) is 0 Å². The fourth-order valence-electron chi connectivity index (χ4n) is 2.89. The van der Waals surface area contributed by atoms with Crippen LogP contribution in [-0.2, 0) is 9.22 Å². The monoisotopic (exact) mass is 323 g/mol. The fourth-order valence-corrected chi connectivity index (χ4v) is 2.89. The van der Waals surface area contributed by atoms with Crippen molar-refractivity contribution in [3.05, 3.63) is 12.2 Å². The van der Waals surface area contributed by atoms with E-state index in [1.165, 1.54) is 57.8 Å². The minimum absolute atomic E-state index is 0.193. The molecule has 0 radical (unpaired) electrons. The van der Waals surface area contributed by atoms with Gasteiger partial charge in [0.1, 0.15) is 6.42 Å². The van der Waals surface area contributed by atoms with Crippen molar-refractivity contribution < 1.29 is 9.22 Å². The predicted molar refractivity (Wildman–Crippen MR) is 101 cm³/mol. The second-order valence-corrected chi connectivity index (χ2v) is 6.65. The number of hydrogen-bond donors (Lipinski definition) is 0. The third kappa shape index (κ3) is 15.7. The zero-order valence-electron chi connectivity index (χ0n) is 15.7. The summed E-state index contributed by atoms with van der Waals surface area (Å²) in [6.07, 6.45) is 21.8. The molecule has 134 valence electrons. The molecular weight excluding hydrogens is 284 g/mol. The Balaban J connectivity index is 3.50. The first-order valence-electron chi connectivity index (χ1n) is 9.84. The van der Waals surface area contributed by atoms with Crippen molar-refractivity contribution in [3.8, 4) is 0 Å². The van der Waals surface area contributed by atoms with Crippen LogP contribution in [0.25, 0.3) is 0 Å². The van der Waals surface area contributed by atoms with E-state index >= 15 is 0 Å². The first kappa shape index (κ1) is 22.1. The molecule has 2 heteroatoms. The van der Waals surface area contributed by atoms with E-state index in [1.54, 1.807) is 0 Å². The molecule has 0 aromatic carbocycles. The Labute approximate surface area is 144 Å². The third-order valence-electron chi connectivity index (χ3n) is 4.59. The lowest BCUT2D eigenvalue weighted by Crippen LogP contribution is -1.97. The van der Waals surface area contributed by atoms with Gasteiger partial charge in [-0.25, -0.2) is 0 Å². The van der Waals surface area contributed by atoms with Gasteiger partial charge in [0.15, 0.2) is 6.79 Å². The van der Waals surface area contributed by atoms with Crippen LogP contribution in [0.3, 0.4) is 0 Å². The zero-order valence-corrected chi connectivity index (χ0v) is 15.7. The zero-order chi connectivity index (χ0) is 17.2. The summed E-state index contributed by atoms with van der Waals surface area (Å²) in [6.45, 7) is 7.72. The van der Waals surface area contributed by atoms with Crippen LogP contribution in [0.4, 0.5) is 0 Å². The van der Waals surface area contributed by atoms with Gasteiger partial charge in [-0.3, -0.25) is 4.42 Å². The molecule has 2 nitrogen and oxygen atoms in total. The topological polar surface area (TPSA) is 28.4 Å². The quantitative estimate of drug-likeness (QED) is 0.180. The summed E-state index contributed by atoms with van der Waals surface area (Å²) in [6, 6.07) is 0. The summed E-state index contributed by atoms with van der Waals surface area (Å²) in [4.78, 5) is 10.9. The first-order chi connectivity index (χ1) is 11.2.